The van der Waals surface area contributed by atoms with Gasteiger partial charge in [0.25, 0.3) is 0 Å². The predicted molar refractivity (Wildman–Crippen MR) is 72.9 cm³/mol. The number of ketones is 1. The normalized spacial score (nSPS) is 10.9. The first-order chi connectivity index (χ1) is 9.65. The highest BCUT2D eigenvalue weighted by Gasteiger charge is 2.14. The van der Waals surface area contributed by atoms with Gasteiger partial charge in [0.05, 0.1) is 12.1 Å². The lowest BCUT2D eigenvalue weighted by molar-refractivity contribution is 0.0993. The molecule has 3 aromatic rings. The van der Waals surface area contributed by atoms with Crippen LogP contribution in [-0.4, -0.2) is 20.8 Å². The zero-order chi connectivity index (χ0) is 14.1. The summed E-state index contributed by atoms with van der Waals surface area (Å²) in [7, 11) is 1.74. The lowest BCUT2D eigenvalue weighted by atomic mass is 9.99. The molecule has 0 aliphatic heterocycles. The van der Waals surface area contributed by atoms with Crippen molar-refractivity contribution >= 4 is 16.6 Å². The van der Waals surface area contributed by atoms with Crippen LogP contribution in [0.1, 0.15) is 16.1 Å². The van der Waals surface area contributed by atoms with Gasteiger partial charge in [0.15, 0.2) is 5.78 Å². The van der Waals surface area contributed by atoms with E-state index in [9.17, 15) is 9.18 Å². The highest BCUT2D eigenvalue weighted by molar-refractivity contribution is 6.08. The third-order valence-corrected chi connectivity index (χ3v) is 3.16. The number of Topliss-reactive ketones (excluding diaryl/α,β-unsaturated/α-hetero) is 1. The Kier molecular flexibility index (Phi) is 3.02. The highest BCUT2D eigenvalue weighted by atomic mass is 19.1. The van der Waals surface area contributed by atoms with Crippen LogP contribution in [0.4, 0.5) is 4.39 Å². The van der Waals surface area contributed by atoms with Crippen LogP contribution in [0.2, 0.25) is 0 Å². The van der Waals surface area contributed by atoms with E-state index in [0.717, 1.165) is 0 Å². The molecule has 0 aliphatic rings. The van der Waals surface area contributed by atoms with Gasteiger partial charge in [-0.3, -0.25) is 9.48 Å². The van der Waals surface area contributed by atoms with Crippen molar-refractivity contribution in [3.63, 3.8) is 0 Å². The first-order valence-electron chi connectivity index (χ1n) is 6.21. The number of nitrogens with zero attached hydrogens (tertiary/aromatic N) is 3. The van der Waals surface area contributed by atoms with E-state index >= 15 is 0 Å². The molecule has 0 unspecified atom stereocenters. The van der Waals surface area contributed by atoms with E-state index in [-0.39, 0.29) is 18.0 Å². The molecule has 0 saturated carbocycles. The second-order valence-corrected chi connectivity index (χ2v) is 4.62. The smallest absolute Gasteiger partial charge is 0.169 e. The molecule has 3 rings (SSSR count). The quantitative estimate of drug-likeness (QED) is 0.686. The predicted octanol–water partition coefficient (Wildman–Crippen LogP) is 2.53. The largest absolute Gasteiger partial charge is 0.294 e. The van der Waals surface area contributed by atoms with Gasteiger partial charge in [0.2, 0.25) is 0 Å². The second-order valence-electron chi connectivity index (χ2n) is 4.62. The minimum atomic E-state index is -0.323. The zero-order valence-corrected chi connectivity index (χ0v) is 10.9. The molecule has 0 bridgehead atoms. The molecule has 0 saturated heterocycles. The maximum atomic E-state index is 13.7. The Labute approximate surface area is 114 Å². The number of carbonyl (C=O) groups excluding carboxylic acids is 1. The molecule has 4 nitrogen and oxygen atoms in total. The third-order valence-electron chi connectivity index (χ3n) is 3.16. The molecule has 0 radical (unpaired) electrons. The van der Waals surface area contributed by atoms with E-state index in [0.29, 0.717) is 22.0 Å². The van der Waals surface area contributed by atoms with Gasteiger partial charge in [-0.25, -0.2) is 4.39 Å². The monoisotopic (exact) mass is 269 g/mol. The van der Waals surface area contributed by atoms with E-state index in [1.54, 1.807) is 42.2 Å². The second kappa shape index (κ2) is 4.85. The minimum absolute atomic E-state index is 0.0956. The summed E-state index contributed by atoms with van der Waals surface area (Å²) in [5.74, 6) is -0.418. The Morgan fingerprint density at radius 1 is 1.20 bits per heavy atom. The van der Waals surface area contributed by atoms with Crippen molar-refractivity contribution in [2.45, 2.75) is 6.42 Å². The van der Waals surface area contributed by atoms with Crippen LogP contribution < -0.4 is 0 Å². The number of fused-ring (bicyclic) bond motifs is 1. The van der Waals surface area contributed by atoms with Crippen molar-refractivity contribution in [1.29, 1.82) is 0 Å². The summed E-state index contributed by atoms with van der Waals surface area (Å²) in [4.78, 5) is 12.3. The van der Waals surface area contributed by atoms with Crippen LogP contribution in [0.5, 0.6) is 0 Å². The van der Waals surface area contributed by atoms with Crippen LogP contribution in [0.3, 0.4) is 0 Å². The van der Waals surface area contributed by atoms with E-state index in [2.05, 4.69) is 10.3 Å². The Morgan fingerprint density at radius 2 is 1.95 bits per heavy atom. The average molecular weight is 269 g/mol. The molecule has 0 N–H and O–H groups in total. The average Bonchev–Trinajstić information content (AvgIpc) is 2.84. The molecule has 0 fully saturated rings. The molecule has 0 spiro atoms. The molecular formula is C15H12FN3O. The standard InChI is InChI=1S/C15H12FN3O/c1-19-9-10(17-18-19)8-15(20)13-6-7-14(16)12-5-3-2-4-11(12)13/h2-7,9H,8H2,1H3. The molecule has 0 atom stereocenters. The number of benzene rings is 2. The van der Waals surface area contributed by atoms with E-state index in [1.807, 2.05) is 0 Å². The molecule has 0 amide bonds. The van der Waals surface area contributed by atoms with Gasteiger partial charge < -0.3 is 0 Å². The number of aryl methyl sites for hydroxylation is 1. The summed E-state index contributed by atoms with van der Waals surface area (Å²) in [6, 6.07) is 9.82. The van der Waals surface area contributed by atoms with Gasteiger partial charge in [-0.1, -0.05) is 29.5 Å². The maximum Gasteiger partial charge on any atom is 0.169 e. The summed E-state index contributed by atoms with van der Waals surface area (Å²) in [5, 5.41) is 8.77. The van der Waals surface area contributed by atoms with Gasteiger partial charge in [0, 0.05) is 24.2 Å². The molecule has 2 aromatic carbocycles. The topological polar surface area (TPSA) is 47.8 Å². The van der Waals surface area contributed by atoms with Crippen molar-refractivity contribution in [2.24, 2.45) is 7.05 Å². The zero-order valence-electron chi connectivity index (χ0n) is 10.9. The molecule has 5 heteroatoms. The summed E-state index contributed by atoms with van der Waals surface area (Å²) in [5.41, 5.74) is 1.11. The fourth-order valence-electron chi connectivity index (χ4n) is 2.24. The summed E-state index contributed by atoms with van der Waals surface area (Å²) in [6.07, 6.45) is 1.85. The molecule has 20 heavy (non-hydrogen) atoms. The third kappa shape index (κ3) is 2.18. The number of carbonyl (C=O) groups is 1. The molecule has 1 heterocycles. The van der Waals surface area contributed by atoms with Crippen molar-refractivity contribution in [2.75, 3.05) is 0 Å². The van der Waals surface area contributed by atoms with E-state index in [4.69, 9.17) is 0 Å². The van der Waals surface area contributed by atoms with Crippen LogP contribution in [0, 0.1) is 5.82 Å². The van der Waals surface area contributed by atoms with Crippen molar-refractivity contribution in [3.8, 4) is 0 Å². The van der Waals surface area contributed by atoms with Crippen LogP contribution in [-0.2, 0) is 13.5 Å². The van der Waals surface area contributed by atoms with Gasteiger partial charge in [-0.2, -0.15) is 0 Å². The molecule has 0 aliphatic carbocycles. The number of aromatic nitrogens is 3. The van der Waals surface area contributed by atoms with Crippen LogP contribution in [0.25, 0.3) is 10.8 Å². The van der Waals surface area contributed by atoms with Crippen molar-refractivity contribution in [1.82, 2.24) is 15.0 Å². The van der Waals surface area contributed by atoms with Gasteiger partial charge in [0.1, 0.15) is 5.82 Å². The number of halogens is 1. The Bertz CT molecular complexity index is 795. The summed E-state index contributed by atoms with van der Waals surface area (Å²) >= 11 is 0. The summed E-state index contributed by atoms with van der Waals surface area (Å²) in [6.45, 7) is 0. The van der Waals surface area contributed by atoms with Gasteiger partial charge in [-0.15, -0.1) is 5.10 Å². The summed E-state index contributed by atoms with van der Waals surface area (Å²) < 4.78 is 15.3. The first-order valence-corrected chi connectivity index (χ1v) is 6.21. The van der Waals surface area contributed by atoms with Crippen LogP contribution >= 0.6 is 0 Å². The van der Waals surface area contributed by atoms with Crippen LogP contribution in [0.15, 0.2) is 42.6 Å². The number of hydrogen-bond acceptors (Lipinski definition) is 3. The van der Waals surface area contributed by atoms with E-state index in [1.165, 1.54) is 12.1 Å². The van der Waals surface area contributed by atoms with Crippen molar-refractivity contribution < 1.29 is 9.18 Å². The highest BCUT2D eigenvalue weighted by Crippen LogP contribution is 2.22. The Balaban J connectivity index is 2.01. The SMILES string of the molecule is Cn1cc(CC(=O)c2ccc(F)c3ccccc23)nn1. The fraction of sp³-hybridized carbons (Fsp3) is 0.133. The maximum absolute atomic E-state index is 13.7. The lowest BCUT2D eigenvalue weighted by Gasteiger charge is -2.05. The van der Waals surface area contributed by atoms with Crippen molar-refractivity contribution in [3.05, 3.63) is 59.7 Å². The molecule has 100 valence electrons. The van der Waals surface area contributed by atoms with Gasteiger partial charge >= 0.3 is 0 Å². The number of hydrogen-bond donors (Lipinski definition) is 0. The molecule has 1 aromatic heterocycles. The van der Waals surface area contributed by atoms with Gasteiger partial charge in [-0.05, 0) is 17.5 Å². The fourth-order valence-corrected chi connectivity index (χ4v) is 2.24. The minimum Gasteiger partial charge on any atom is -0.294 e. The first kappa shape index (κ1) is 12.5. The Morgan fingerprint density at radius 3 is 2.65 bits per heavy atom. The van der Waals surface area contributed by atoms with E-state index < -0.39 is 0 Å². The number of rotatable bonds is 3. The Hall–Kier alpha value is -2.56. The lowest BCUT2D eigenvalue weighted by Crippen LogP contribution is -2.05. The molecular weight excluding hydrogens is 257 g/mol.